The number of rotatable bonds is 3. The molecule has 0 aromatic heterocycles. The molecule has 1 N–H and O–H groups in total. The molecule has 3 nitrogen and oxygen atoms in total. The minimum atomic E-state index is -0.214. The van der Waals surface area contributed by atoms with Crippen LogP contribution in [0.2, 0.25) is 0 Å². The molecule has 1 saturated heterocycles. The quantitative estimate of drug-likeness (QED) is 0.919. The number of piperidine rings is 1. The van der Waals surface area contributed by atoms with Crippen LogP contribution < -0.4 is 5.32 Å². The molecule has 1 aromatic carbocycles. The number of nitrogens with one attached hydrogen (secondary N) is 1. The van der Waals surface area contributed by atoms with Crippen LogP contribution in [0.5, 0.6) is 0 Å². The minimum absolute atomic E-state index is 0.0540. The van der Waals surface area contributed by atoms with Gasteiger partial charge in [0.2, 0.25) is 5.91 Å². The number of amides is 1. The number of likely N-dealkylation sites (tertiary alicyclic amines) is 1. The van der Waals surface area contributed by atoms with E-state index >= 15 is 0 Å². The zero-order valence-electron chi connectivity index (χ0n) is 12.5. The molecule has 2 rings (SSSR count). The van der Waals surface area contributed by atoms with E-state index in [0.717, 1.165) is 37.1 Å². The highest BCUT2D eigenvalue weighted by Gasteiger charge is 2.38. The fourth-order valence-electron chi connectivity index (χ4n) is 3.21. The first-order chi connectivity index (χ1) is 9.47. The van der Waals surface area contributed by atoms with Gasteiger partial charge in [-0.1, -0.05) is 6.07 Å². The van der Waals surface area contributed by atoms with Crippen LogP contribution in [-0.2, 0) is 10.2 Å². The summed E-state index contributed by atoms with van der Waals surface area (Å²) in [7, 11) is 3.77. The van der Waals surface area contributed by atoms with Crippen LogP contribution in [0.4, 0.5) is 4.39 Å². The number of carbonyl (C=O) groups excluding carboxylic acids is 1. The molecule has 0 atom stereocenters. The first kappa shape index (κ1) is 15.0. The molecular formula is C16H23FN2O. The Morgan fingerprint density at radius 1 is 1.40 bits per heavy atom. The van der Waals surface area contributed by atoms with E-state index in [1.165, 1.54) is 6.07 Å². The number of halogens is 1. The summed E-state index contributed by atoms with van der Waals surface area (Å²) in [6.07, 6.45) is 2.34. The number of aryl methyl sites for hydroxylation is 1. The summed E-state index contributed by atoms with van der Waals surface area (Å²) in [5.41, 5.74) is 1.90. The van der Waals surface area contributed by atoms with Gasteiger partial charge in [-0.25, -0.2) is 4.39 Å². The average molecular weight is 278 g/mol. The van der Waals surface area contributed by atoms with E-state index in [1.807, 2.05) is 13.0 Å². The predicted molar refractivity (Wildman–Crippen MR) is 78.2 cm³/mol. The summed E-state index contributed by atoms with van der Waals surface area (Å²) < 4.78 is 13.3. The van der Waals surface area contributed by atoms with Crippen molar-refractivity contribution < 1.29 is 9.18 Å². The summed E-state index contributed by atoms with van der Waals surface area (Å²) in [5.74, 6) is -0.160. The number of carbonyl (C=O) groups is 1. The second-order valence-corrected chi connectivity index (χ2v) is 5.89. The third-order valence-electron chi connectivity index (χ3n) is 4.48. The molecule has 1 aromatic rings. The normalized spacial score (nSPS) is 18.8. The Kier molecular flexibility index (Phi) is 4.43. The molecule has 0 spiro atoms. The second kappa shape index (κ2) is 5.92. The van der Waals surface area contributed by atoms with Crippen molar-refractivity contribution in [3.05, 3.63) is 35.1 Å². The van der Waals surface area contributed by atoms with Gasteiger partial charge in [0.15, 0.2) is 0 Å². The molecule has 1 fully saturated rings. The lowest BCUT2D eigenvalue weighted by atomic mass is 9.69. The van der Waals surface area contributed by atoms with Gasteiger partial charge in [-0.3, -0.25) is 4.79 Å². The third kappa shape index (κ3) is 3.01. The Balaban J connectivity index is 2.37. The maximum Gasteiger partial charge on any atom is 0.220 e. The van der Waals surface area contributed by atoms with Crippen LogP contribution in [0.15, 0.2) is 18.2 Å². The van der Waals surface area contributed by atoms with Gasteiger partial charge >= 0.3 is 0 Å². The summed E-state index contributed by atoms with van der Waals surface area (Å²) in [6.45, 7) is 3.87. The van der Waals surface area contributed by atoms with Gasteiger partial charge in [0.1, 0.15) is 5.82 Å². The van der Waals surface area contributed by atoms with Crippen molar-refractivity contribution in [3.8, 4) is 0 Å². The fraction of sp³-hybridized carbons (Fsp3) is 0.562. The first-order valence-electron chi connectivity index (χ1n) is 7.13. The van der Waals surface area contributed by atoms with Crippen molar-refractivity contribution >= 4 is 5.91 Å². The molecule has 0 aliphatic carbocycles. The largest absolute Gasteiger partial charge is 0.359 e. The summed E-state index contributed by atoms with van der Waals surface area (Å²) in [5, 5.41) is 2.72. The number of nitrogens with zero attached hydrogens (tertiary/aromatic N) is 1. The summed E-state index contributed by atoms with van der Waals surface area (Å²) in [4.78, 5) is 14.2. The van der Waals surface area contributed by atoms with E-state index in [1.54, 1.807) is 13.1 Å². The fourth-order valence-corrected chi connectivity index (χ4v) is 3.21. The van der Waals surface area contributed by atoms with Crippen molar-refractivity contribution in [2.45, 2.75) is 31.6 Å². The predicted octanol–water partition coefficient (Wildman–Crippen LogP) is 2.23. The zero-order valence-corrected chi connectivity index (χ0v) is 12.5. The lowest BCUT2D eigenvalue weighted by molar-refractivity contribution is -0.122. The highest BCUT2D eigenvalue weighted by Crippen LogP contribution is 2.40. The first-order valence-corrected chi connectivity index (χ1v) is 7.13. The van der Waals surface area contributed by atoms with Crippen LogP contribution in [0, 0.1) is 12.7 Å². The zero-order chi connectivity index (χ0) is 14.8. The van der Waals surface area contributed by atoms with Crippen molar-refractivity contribution in [2.75, 3.05) is 27.2 Å². The van der Waals surface area contributed by atoms with Gasteiger partial charge in [-0.05, 0) is 63.2 Å². The van der Waals surface area contributed by atoms with Crippen LogP contribution in [-0.4, -0.2) is 38.0 Å². The van der Waals surface area contributed by atoms with Crippen LogP contribution in [0.3, 0.4) is 0 Å². The van der Waals surface area contributed by atoms with Crippen LogP contribution in [0.1, 0.15) is 30.4 Å². The Bertz CT molecular complexity index is 493. The van der Waals surface area contributed by atoms with Gasteiger partial charge in [-0.2, -0.15) is 0 Å². The average Bonchev–Trinajstić information content (AvgIpc) is 2.41. The molecule has 1 heterocycles. The summed E-state index contributed by atoms with van der Waals surface area (Å²) in [6, 6.07) is 4.93. The molecule has 1 aliphatic heterocycles. The lowest BCUT2D eigenvalue weighted by Gasteiger charge is -2.41. The molecule has 1 amide bonds. The molecule has 0 radical (unpaired) electrons. The Hall–Kier alpha value is -1.42. The Labute approximate surface area is 120 Å². The van der Waals surface area contributed by atoms with Gasteiger partial charge < -0.3 is 10.2 Å². The van der Waals surface area contributed by atoms with Crippen LogP contribution in [0.25, 0.3) is 0 Å². The standard InChI is InChI=1S/C16H23FN2O/c1-12-10-13(17)4-5-14(12)16(11-15(20)18-2)6-8-19(3)9-7-16/h4-5,10H,6-9,11H2,1-3H3,(H,18,20). The molecule has 1 aliphatic rings. The van der Waals surface area contributed by atoms with E-state index in [4.69, 9.17) is 0 Å². The maximum absolute atomic E-state index is 13.3. The van der Waals surface area contributed by atoms with Gasteiger partial charge in [0.25, 0.3) is 0 Å². The highest BCUT2D eigenvalue weighted by atomic mass is 19.1. The van der Waals surface area contributed by atoms with Crippen molar-refractivity contribution in [1.82, 2.24) is 10.2 Å². The van der Waals surface area contributed by atoms with Crippen molar-refractivity contribution in [1.29, 1.82) is 0 Å². The Morgan fingerprint density at radius 3 is 2.60 bits per heavy atom. The number of hydrogen-bond acceptors (Lipinski definition) is 2. The lowest BCUT2D eigenvalue weighted by Crippen LogP contribution is -2.44. The molecule has 4 heteroatoms. The smallest absolute Gasteiger partial charge is 0.220 e. The van der Waals surface area contributed by atoms with Gasteiger partial charge in [0, 0.05) is 18.9 Å². The maximum atomic E-state index is 13.3. The number of benzene rings is 1. The highest BCUT2D eigenvalue weighted by molar-refractivity contribution is 5.77. The van der Waals surface area contributed by atoms with E-state index < -0.39 is 0 Å². The van der Waals surface area contributed by atoms with Gasteiger partial charge in [0.05, 0.1) is 0 Å². The summed E-state index contributed by atoms with van der Waals surface area (Å²) >= 11 is 0. The monoisotopic (exact) mass is 278 g/mol. The molecule has 0 bridgehead atoms. The molecule has 0 unspecified atom stereocenters. The molecule has 0 saturated carbocycles. The van der Waals surface area contributed by atoms with Crippen molar-refractivity contribution in [3.63, 3.8) is 0 Å². The topological polar surface area (TPSA) is 32.3 Å². The van der Waals surface area contributed by atoms with E-state index in [-0.39, 0.29) is 17.1 Å². The van der Waals surface area contributed by atoms with Gasteiger partial charge in [-0.15, -0.1) is 0 Å². The third-order valence-corrected chi connectivity index (χ3v) is 4.48. The van der Waals surface area contributed by atoms with E-state index in [9.17, 15) is 9.18 Å². The van der Waals surface area contributed by atoms with E-state index in [0.29, 0.717) is 6.42 Å². The second-order valence-electron chi connectivity index (χ2n) is 5.89. The molecule has 110 valence electrons. The Morgan fingerprint density at radius 2 is 2.05 bits per heavy atom. The SMILES string of the molecule is CNC(=O)CC1(c2ccc(F)cc2C)CCN(C)CC1. The van der Waals surface area contributed by atoms with E-state index in [2.05, 4.69) is 17.3 Å². The molecule has 20 heavy (non-hydrogen) atoms. The van der Waals surface area contributed by atoms with Crippen molar-refractivity contribution in [2.24, 2.45) is 0 Å². The minimum Gasteiger partial charge on any atom is -0.359 e. The number of hydrogen-bond donors (Lipinski definition) is 1. The molecular weight excluding hydrogens is 255 g/mol. The van der Waals surface area contributed by atoms with Crippen LogP contribution >= 0.6 is 0 Å².